The van der Waals surface area contributed by atoms with Gasteiger partial charge in [-0.2, -0.15) is 0 Å². The second-order valence-electron chi connectivity index (χ2n) is 8.80. The number of benzene rings is 2. The van der Waals surface area contributed by atoms with E-state index in [-0.39, 0.29) is 11.7 Å². The van der Waals surface area contributed by atoms with Gasteiger partial charge in [-0.1, -0.05) is 63.1 Å². The quantitative estimate of drug-likeness (QED) is 0.270. The van der Waals surface area contributed by atoms with Crippen LogP contribution in [0.25, 0.3) is 17.4 Å². The number of hydrogen-bond acceptors (Lipinski definition) is 6. The highest BCUT2D eigenvalue weighted by molar-refractivity contribution is 9.10. The van der Waals surface area contributed by atoms with Gasteiger partial charge >= 0.3 is 5.97 Å². The second-order valence-corrected chi connectivity index (χ2v) is 11.2. The molecule has 0 saturated carbocycles. The molecule has 2 aromatic heterocycles. The molecule has 0 spiro atoms. The van der Waals surface area contributed by atoms with E-state index in [9.17, 15) is 9.59 Å². The molecule has 9 heteroatoms. The predicted molar refractivity (Wildman–Crippen MR) is 148 cm³/mol. The Bertz CT molecular complexity index is 1700. The number of nitrogens with zero attached hydrogens (tertiary/aromatic N) is 2. The number of hydrogen-bond donors (Lipinski definition) is 0. The molecule has 0 N–H and O–H groups in total. The van der Waals surface area contributed by atoms with Crippen molar-refractivity contribution in [2.75, 3.05) is 0 Å². The van der Waals surface area contributed by atoms with E-state index in [1.54, 1.807) is 43.5 Å². The van der Waals surface area contributed by atoms with Gasteiger partial charge in [0, 0.05) is 21.1 Å². The number of ether oxygens (including phenoxy) is 1. The average Bonchev–Trinajstić information content (AvgIpc) is 3.43. The maximum atomic E-state index is 13.7. The molecule has 0 fully saturated rings. The van der Waals surface area contributed by atoms with Crippen LogP contribution in [0.1, 0.15) is 38.1 Å². The number of fused-ring (bicyclic) bond motifs is 1. The fourth-order valence-corrected chi connectivity index (χ4v) is 5.57. The third-order valence-electron chi connectivity index (χ3n) is 5.80. The summed E-state index contributed by atoms with van der Waals surface area (Å²) >= 11 is 10.8. The molecule has 0 radical (unpaired) electrons. The third-order valence-corrected chi connectivity index (χ3v) is 7.56. The Hall–Kier alpha value is -3.20. The zero-order valence-corrected chi connectivity index (χ0v) is 23.4. The number of furan rings is 1. The topological polar surface area (TPSA) is 73.8 Å². The number of allylic oxidation sites excluding steroid dienone is 1. The molecule has 3 heterocycles. The minimum atomic E-state index is -0.697. The Morgan fingerprint density at radius 1 is 1.14 bits per heavy atom. The Morgan fingerprint density at radius 2 is 1.84 bits per heavy atom. The number of thiazole rings is 1. The highest BCUT2D eigenvalue weighted by Gasteiger charge is 2.33. The molecule has 1 aliphatic rings. The number of halogens is 2. The standard InChI is InChI=1S/C28H22BrClN2O4S/c1-15(2)35-27(34)24-16(3)31-28-32(25(24)18-6-10-20(30)11-7-18)26(33)23(37-28)14-21-12-13-22(36-21)17-4-8-19(29)9-5-17/h4-15,25H,1-3H3/b23-14-. The summed E-state index contributed by atoms with van der Waals surface area (Å²) in [5.41, 5.74) is 2.22. The van der Waals surface area contributed by atoms with Gasteiger partial charge in [0.1, 0.15) is 11.5 Å². The van der Waals surface area contributed by atoms with E-state index in [0.717, 1.165) is 15.6 Å². The summed E-state index contributed by atoms with van der Waals surface area (Å²) < 4.78 is 14.5. The molecule has 0 amide bonds. The van der Waals surface area contributed by atoms with Gasteiger partial charge in [-0.3, -0.25) is 9.36 Å². The van der Waals surface area contributed by atoms with E-state index in [2.05, 4.69) is 20.9 Å². The van der Waals surface area contributed by atoms with Crippen LogP contribution in [0.2, 0.25) is 5.02 Å². The fourth-order valence-electron chi connectivity index (χ4n) is 4.15. The van der Waals surface area contributed by atoms with Crippen LogP contribution in [0.15, 0.2) is 90.6 Å². The van der Waals surface area contributed by atoms with Crippen LogP contribution in [0, 0.1) is 0 Å². The van der Waals surface area contributed by atoms with Crippen molar-refractivity contribution in [3.05, 3.63) is 112 Å². The lowest BCUT2D eigenvalue weighted by atomic mass is 9.96. The molecule has 1 aliphatic heterocycles. The number of rotatable bonds is 5. The molecule has 0 aliphatic carbocycles. The summed E-state index contributed by atoms with van der Waals surface area (Å²) in [7, 11) is 0. The number of esters is 1. The van der Waals surface area contributed by atoms with Crippen molar-refractivity contribution < 1.29 is 13.9 Å². The number of carbonyl (C=O) groups excluding carboxylic acids is 1. The van der Waals surface area contributed by atoms with E-state index in [1.165, 1.54) is 11.3 Å². The smallest absolute Gasteiger partial charge is 0.338 e. The largest absolute Gasteiger partial charge is 0.459 e. The van der Waals surface area contributed by atoms with Crippen LogP contribution in [0.5, 0.6) is 0 Å². The third kappa shape index (κ3) is 5.14. The van der Waals surface area contributed by atoms with Crippen molar-refractivity contribution in [1.29, 1.82) is 0 Å². The van der Waals surface area contributed by atoms with Crippen molar-refractivity contribution >= 4 is 50.9 Å². The van der Waals surface area contributed by atoms with Gasteiger partial charge in [0.15, 0.2) is 4.80 Å². The normalized spacial score (nSPS) is 15.6. The first-order valence-electron chi connectivity index (χ1n) is 11.6. The molecule has 1 atom stereocenters. The van der Waals surface area contributed by atoms with Crippen molar-refractivity contribution in [2.45, 2.75) is 32.9 Å². The van der Waals surface area contributed by atoms with Crippen LogP contribution in [0.3, 0.4) is 0 Å². The van der Waals surface area contributed by atoms with Gasteiger partial charge in [-0.15, -0.1) is 0 Å². The first kappa shape index (κ1) is 25.4. The van der Waals surface area contributed by atoms with Crippen molar-refractivity contribution in [1.82, 2.24) is 4.57 Å². The summed E-state index contributed by atoms with van der Waals surface area (Å²) in [6.45, 7) is 5.33. The van der Waals surface area contributed by atoms with Gasteiger partial charge in [-0.25, -0.2) is 9.79 Å². The lowest BCUT2D eigenvalue weighted by molar-refractivity contribution is -0.143. The van der Waals surface area contributed by atoms with E-state index in [1.807, 2.05) is 48.5 Å². The highest BCUT2D eigenvalue weighted by Crippen LogP contribution is 2.31. The van der Waals surface area contributed by atoms with E-state index in [4.69, 9.17) is 20.8 Å². The average molecular weight is 598 g/mol. The minimum Gasteiger partial charge on any atom is -0.459 e. The zero-order valence-electron chi connectivity index (χ0n) is 20.2. The molecule has 1 unspecified atom stereocenters. The summed E-state index contributed by atoms with van der Waals surface area (Å²) in [4.78, 5) is 32.0. The lowest BCUT2D eigenvalue weighted by Gasteiger charge is -2.25. The van der Waals surface area contributed by atoms with Gasteiger partial charge in [0.2, 0.25) is 0 Å². The summed E-state index contributed by atoms with van der Waals surface area (Å²) in [6.07, 6.45) is 1.39. The van der Waals surface area contributed by atoms with Crippen molar-refractivity contribution in [3.63, 3.8) is 0 Å². The van der Waals surface area contributed by atoms with Gasteiger partial charge in [0.25, 0.3) is 5.56 Å². The van der Waals surface area contributed by atoms with Crippen LogP contribution < -0.4 is 14.9 Å². The first-order valence-corrected chi connectivity index (χ1v) is 13.5. The maximum absolute atomic E-state index is 13.7. The Balaban J connectivity index is 1.63. The second kappa shape index (κ2) is 10.3. The van der Waals surface area contributed by atoms with Crippen molar-refractivity contribution in [2.24, 2.45) is 4.99 Å². The van der Waals surface area contributed by atoms with Crippen LogP contribution >= 0.6 is 38.9 Å². The molecule has 2 aromatic carbocycles. The lowest BCUT2D eigenvalue weighted by Crippen LogP contribution is -2.40. The molecule has 4 aromatic rings. The molecule has 0 saturated heterocycles. The van der Waals surface area contributed by atoms with E-state index >= 15 is 0 Å². The summed E-state index contributed by atoms with van der Waals surface area (Å²) in [6, 6.07) is 17.9. The fraction of sp³-hybridized carbons (Fsp3) is 0.179. The van der Waals surface area contributed by atoms with E-state index in [0.29, 0.717) is 37.1 Å². The monoisotopic (exact) mass is 596 g/mol. The molecule has 0 bridgehead atoms. The first-order chi connectivity index (χ1) is 17.7. The van der Waals surface area contributed by atoms with Crippen LogP contribution in [-0.4, -0.2) is 16.6 Å². The SMILES string of the molecule is CC1=C(C(=O)OC(C)C)C(c2ccc(Cl)cc2)n2c(s/c(=C\c3ccc(-c4ccc(Br)cc4)o3)c2=O)=N1. The summed E-state index contributed by atoms with van der Waals surface area (Å²) in [5.74, 6) is 0.733. The minimum absolute atomic E-state index is 0.271. The van der Waals surface area contributed by atoms with Crippen LogP contribution in [-0.2, 0) is 9.53 Å². The molecule has 5 rings (SSSR count). The highest BCUT2D eigenvalue weighted by atomic mass is 79.9. The Morgan fingerprint density at radius 3 is 2.51 bits per heavy atom. The van der Waals surface area contributed by atoms with Crippen LogP contribution in [0.4, 0.5) is 0 Å². The molecule has 188 valence electrons. The number of carbonyl (C=O) groups is 1. The van der Waals surface area contributed by atoms with E-state index < -0.39 is 12.0 Å². The predicted octanol–water partition coefficient (Wildman–Crippen LogP) is 5.86. The van der Waals surface area contributed by atoms with Gasteiger partial charge < -0.3 is 9.15 Å². The Labute approximate surface area is 230 Å². The zero-order chi connectivity index (χ0) is 26.3. The van der Waals surface area contributed by atoms with Gasteiger partial charge in [-0.05, 0) is 62.7 Å². The maximum Gasteiger partial charge on any atom is 0.338 e. The van der Waals surface area contributed by atoms with Crippen molar-refractivity contribution in [3.8, 4) is 11.3 Å². The molecule has 37 heavy (non-hydrogen) atoms. The molecular weight excluding hydrogens is 576 g/mol. The summed E-state index contributed by atoms with van der Waals surface area (Å²) in [5, 5.41) is 0.558. The molecule has 6 nitrogen and oxygen atoms in total. The molecular formula is C28H22BrClN2O4S. The van der Waals surface area contributed by atoms with Gasteiger partial charge in [0.05, 0.1) is 27.9 Å². The Kier molecular flexibility index (Phi) is 7.07. The number of aromatic nitrogens is 1.